The summed E-state index contributed by atoms with van der Waals surface area (Å²) >= 11 is 7.35. The van der Waals surface area contributed by atoms with Crippen LogP contribution in [0.1, 0.15) is 33.5 Å². The van der Waals surface area contributed by atoms with E-state index in [1.54, 1.807) is 0 Å². The summed E-state index contributed by atoms with van der Waals surface area (Å²) in [5, 5.41) is 2.92. The number of aryl methyl sites for hydroxylation is 2. The van der Waals surface area contributed by atoms with E-state index in [9.17, 15) is 4.79 Å². The Kier molecular flexibility index (Phi) is 4.18. The summed E-state index contributed by atoms with van der Waals surface area (Å²) in [7, 11) is 0. The predicted molar refractivity (Wildman–Crippen MR) is 93.0 cm³/mol. The molecular weight excluding hydrogens is 394 g/mol. The lowest BCUT2D eigenvalue weighted by Gasteiger charge is -2.20. The Morgan fingerprint density at radius 3 is 2.76 bits per heavy atom. The molecule has 2 aromatic rings. The number of fused-ring (bicyclic) bond motifs is 1. The molecule has 1 heterocycles. The minimum Gasteiger partial charge on any atom is -0.326 e. The Morgan fingerprint density at radius 1 is 1.14 bits per heavy atom. The molecule has 3 rings (SSSR count). The fraction of sp³-hybridized carbons (Fsp3) is 0.235. The zero-order valence-electron chi connectivity index (χ0n) is 11.6. The van der Waals surface area contributed by atoms with E-state index in [0.29, 0.717) is 6.42 Å². The Labute approximate surface area is 141 Å². The molecule has 0 bridgehead atoms. The maximum Gasteiger partial charge on any atom is 0.224 e. The topological polar surface area (TPSA) is 29.1 Å². The smallest absolute Gasteiger partial charge is 0.224 e. The van der Waals surface area contributed by atoms with E-state index in [-0.39, 0.29) is 10.7 Å². The highest BCUT2D eigenvalue weighted by Crippen LogP contribution is 2.36. The van der Waals surface area contributed by atoms with Gasteiger partial charge in [-0.15, -0.1) is 0 Å². The van der Waals surface area contributed by atoms with Crippen molar-refractivity contribution in [2.24, 2.45) is 0 Å². The Balaban J connectivity index is 1.97. The van der Waals surface area contributed by atoms with Crippen LogP contribution in [0, 0.1) is 6.92 Å². The van der Waals surface area contributed by atoms with Crippen molar-refractivity contribution in [1.82, 2.24) is 0 Å². The molecule has 0 saturated carbocycles. The van der Waals surface area contributed by atoms with E-state index in [0.717, 1.165) is 16.6 Å². The second kappa shape index (κ2) is 5.93. The number of hydrogen-bond donors (Lipinski definition) is 1. The SMILES string of the molecule is Cc1ccc(Br)cc1C(Br)c1ccc2c(c1)CCC(=O)N2. The van der Waals surface area contributed by atoms with Crippen LogP contribution in [0.2, 0.25) is 0 Å². The molecule has 0 aromatic heterocycles. The number of alkyl halides is 1. The molecule has 1 N–H and O–H groups in total. The third kappa shape index (κ3) is 3.06. The van der Waals surface area contributed by atoms with Crippen molar-refractivity contribution in [3.8, 4) is 0 Å². The van der Waals surface area contributed by atoms with E-state index in [1.165, 1.54) is 22.3 Å². The van der Waals surface area contributed by atoms with Gasteiger partial charge in [0.2, 0.25) is 5.91 Å². The maximum atomic E-state index is 11.4. The van der Waals surface area contributed by atoms with Gasteiger partial charge in [-0.05, 0) is 53.8 Å². The molecule has 1 aliphatic rings. The van der Waals surface area contributed by atoms with Gasteiger partial charge in [-0.25, -0.2) is 0 Å². The average molecular weight is 409 g/mol. The summed E-state index contributed by atoms with van der Waals surface area (Å²) in [6, 6.07) is 12.6. The number of benzene rings is 2. The van der Waals surface area contributed by atoms with E-state index >= 15 is 0 Å². The third-order valence-corrected chi connectivity index (χ3v) is 5.35. The minimum absolute atomic E-state index is 0.105. The number of nitrogens with one attached hydrogen (secondary N) is 1. The van der Waals surface area contributed by atoms with Gasteiger partial charge in [0.15, 0.2) is 0 Å². The lowest BCUT2D eigenvalue weighted by atomic mass is 9.95. The number of hydrogen-bond acceptors (Lipinski definition) is 1. The van der Waals surface area contributed by atoms with Crippen molar-refractivity contribution in [3.05, 3.63) is 63.1 Å². The summed E-state index contributed by atoms with van der Waals surface area (Å²) in [5.41, 5.74) is 5.88. The van der Waals surface area contributed by atoms with Crippen molar-refractivity contribution >= 4 is 43.5 Å². The molecular formula is C17H15Br2NO. The third-order valence-electron chi connectivity index (χ3n) is 3.83. The molecule has 0 radical (unpaired) electrons. The predicted octanol–water partition coefficient (Wildman–Crippen LogP) is 5.13. The van der Waals surface area contributed by atoms with Crippen molar-refractivity contribution in [3.63, 3.8) is 0 Å². The van der Waals surface area contributed by atoms with Crippen LogP contribution in [0.15, 0.2) is 40.9 Å². The number of halogens is 2. The van der Waals surface area contributed by atoms with Gasteiger partial charge >= 0.3 is 0 Å². The van der Waals surface area contributed by atoms with E-state index in [1.807, 2.05) is 6.07 Å². The fourth-order valence-electron chi connectivity index (χ4n) is 2.62. The second-order valence-corrected chi connectivity index (χ2v) is 7.16. The van der Waals surface area contributed by atoms with E-state index < -0.39 is 0 Å². The minimum atomic E-state index is 0.105. The molecule has 1 aliphatic heterocycles. The standard InChI is InChI=1S/C17H15Br2NO/c1-10-2-5-13(18)9-14(10)17(19)12-3-6-15-11(8-12)4-7-16(21)20-15/h2-3,5-6,8-9,17H,4,7H2,1H3,(H,20,21). The molecule has 4 heteroatoms. The molecule has 1 unspecified atom stereocenters. The first-order valence-electron chi connectivity index (χ1n) is 6.87. The van der Waals surface area contributed by atoms with Crippen LogP contribution >= 0.6 is 31.9 Å². The van der Waals surface area contributed by atoms with Crippen LogP contribution in [0.4, 0.5) is 5.69 Å². The molecule has 0 spiro atoms. The molecule has 2 aromatic carbocycles. The summed E-state index contributed by atoms with van der Waals surface area (Å²) in [6.07, 6.45) is 1.38. The van der Waals surface area contributed by atoms with Crippen LogP contribution in [0.25, 0.3) is 0 Å². The Bertz CT molecular complexity index is 712. The highest BCUT2D eigenvalue weighted by Gasteiger charge is 2.18. The number of carbonyl (C=O) groups excluding carboxylic acids is 1. The van der Waals surface area contributed by atoms with Crippen molar-refractivity contribution in [1.29, 1.82) is 0 Å². The van der Waals surface area contributed by atoms with Gasteiger partial charge in [0.05, 0.1) is 4.83 Å². The van der Waals surface area contributed by atoms with Gasteiger partial charge in [-0.2, -0.15) is 0 Å². The van der Waals surface area contributed by atoms with Crippen molar-refractivity contribution < 1.29 is 4.79 Å². The monoisotopic (exact) mass is 407 g/mol. The molecule has 1 atom stereocenters. The average Bonchev–Trinajstić information content (AvgIpc) is 2.48. The maximum absolute atomic E-state index is 11.4. The van der Waals surface area contributed by atoms with Crippen molar-refractivity contribution in [2.45, 2.75) is 24.6 Å². The zero-order valence-corrected chi connectivity index (χ0v) is 14.8. The first-order valence-corrected chi connectivity index (χ1v) is 8.58. The zero-order chi connectivity index (χ0) is 15.0. The molecule has 108 valence electrons. The Morgan fingerprint density at radius 2 is 1.95 bits per heavy atom. The Hall–Kier alpha value is -1.13. The van der Waals surface area contributed by atoms with E-state index in [4.69, 9.17) is 0 Å². The summed E-state index contributed by atoms with van der Waals surface area (Å²) in [4.78, 5) is 11.6. The highest BCUT2D eigenvalue weighted by atomic mass is 79.9. The van der Waals surface area contributed by atoms with Crippen LogP contribution in [-0.4, -0.2) is 5.91 Å². The summed E-state index contributed by atoms with van der Waals surface area (Å²) in [5.74, 6) is 0.105. The molecule has 0 aliphatic carbocycles. The number of rotatable bonds is 2. The normalized spacial score (nSPS) is 15.3. The first kappa shape index (κ1) is 14.8. The molecule has 21 heavy (non-hydrogen) atoms. The van der Waals surface area contributed by atoms with Crippen LogP contribution in [-0.2, 0) is 11.2 Å². The van der Waals surface area contributed by atoms with Gasteiger partial charge in [0.25, 0.3) is 0 Å². The molecule has 0 fully saturated rings. The van der Waals surface area contributed by atoms with Crippen LogP contribution < -0.4 is 5.32 Å². The fourth-order valence-corrected chi connectivity index (χ4v) is 3.78. The lowest BCUT2D eigenvalue weighted by Crippen LogP contribution is -2.19. The quantitative estimate of drug-likeness (QED) is 0.686. The van der Waals surface area contributed by atoms with Gasteiger partial charge in [-0.1, -0.05) is 50.1 Å². The highest BCUT2D eigenvalue weighted by molar-refractivity contribution is 9.10. The van der Waals surface area contributed by atoms with E-state index in [2.05, 4.69) is 74.4 Å². The van der Waals surface area contributed by atoms with Crippen molar-refractivity contribution in [2.75, 3.05) is 5.32 Å². The van der Waals surface area contributed by atoms with Crippen LogP contribution in [0.3, 0.4) is 0 Å². The van der Waals surface area contributed by atoms with Gasteiger partial charge < -0.3 is 5.32 Å². The lowest BCUT2D eigenvalue weighted by molar-refractivity contribution is -0.116. The molecule has 0 saturated heterocycles. The van der Waals surface area contributed by atoms with Crippen LogP contribution in [0.5, 0.6) is 0 Å². The molecule has 1 amide bonds. The van der Waals surface area contributed by atoms with Gasteiger partial charge in [0.1, 0.15) is 0 Å². The number of amides is 1. The first-order chi connectivity index (χ1) is 10.0. The van der Waals surface area contributed by atoms with Gasteiger partial charge in [-0.3, -0.25) is 4.79 Å². The van der Waals surface area contributed by atoms with Gasteiger partial charge in [0, 0.05) is 16.6 Å². The summed E-state index contributed by atoms with van der Waals surface area (Å²) in [6.45, 7) is 2.12. The number of carbonyl (C=O) groups is 1. The second-order valence-electron chi connectivity index (χ2n) is 5.33. The molecule has 2 nitrogen and oxygen atoms in total. The largest absolute Gasteiger partial charge is 0.326 e. The number of anilines is 1. The summed E-state index contributed by atoms with van der Waals surface area (Å²) < 4.78 is 1.08.